The summed E-state index contributed by atoms with van der Waals surface area (Å²) < 4.78 is 6.00. The lowest BCUT2D eigenvalue weighted by molar-refractivity contribution is -0.127. The molecule has 1 unspecified atom stereocenters. The van der Waals surface area contributed by atoms with E-state index in [1.807, 2.05) is 36.7 Å². The van der Waals surface area contributed by atoms with Crippen LogP contribution in [0.4, 0.5) is 0 Å². The minimum Gasteiger partial charge on any atom is -0.492 e. The molecule has 0 spiro atoms. The van der Waals surface area contributed by atoms with Crippen molar-refractivity contribution in [3.63, 3.8) is 0 Å². The van der Waals surface area contributed by atoms with Crippen LogP contribution in [0.5, 0.6) is 5.75 Å². The molecule has 2 fully saturated rings. The Morgan fingerprint density at radius 1 is 1.19 bits per heavy atom. The van der Waals surface area contributed by atoms with Crippen LogP contribution in [0.3, 0.4) is 0 Å². The van der Waals surface area contributed by atoms with E-state index in [9.17, 15) is 4.79 Å². The molecular formula is C25H35N5O2. The molecule has 1 amide bonds. The van der Waals surface area contributed by atoms with Crippen molar-refractivity contribution < 1.29 is 9.53 Å². The van der Waals surface area contributed by atoms with Gasteiger partial charge in [-0.15, -0.1) is 0 Å². The van der Waals surface area contributed by atoms with Crippen LogP contribution in [-0.4, -0.2) is 71.6 Å². The summed E-state index contributed by atoms with van der Waals surface area (Å²) in [5, 5.41) is 3.23. The molecule has 0 bridgehead atoms. The molecule has 2 aliphatic heterocycles. The van der Waals surface area contributed by atoms with Gasteiger partial charge in [-0.05, 0) is 69.1 Å². The summed E-state index contributed by atoms with van der Waals surface area (Å²) in [5.74, 6) is 1.23. The summed E-state index contributed by atoms with van der Waals surface area (Å²) in [6.07, 6.45) is 11.5. The zero-order chi connectivity index (χ0) is 22.2. The van der Waals surface area contributed by atoms with Crippen molar-refractivity contribution in [1.82, 2.24) is 25.1 Å². The van der Waals surface area contributed by atoms with Gasteiger partial charge in [-0.3, -0.25) is 19.7 Å². The predicted molar refractivity (Wildman–Crippen MR) is 124 cm³/mol. The Bertz CT molecular complexity index is 835. The third-order valence-corrected chi connectivity index (χ3v) is 6.71. The molecule has 0 aromatic carbocycles. The first-order chi connectivity index (χ1) is 15.7. The van der Waals surface area contributed by atoms with Crippen LogP contribution in [0.25, 0.3) is 0 Å². The maximum Gasteiger partial charge on any atom is 0.224 e. The number of nitrogens with zero attached hydrogens (tertiary/aromatic N) is 4. The van der Waals surface area contributed by atoms with E-state index in [1.54, 1.807) is 12.4 Å². The Morgan fingerprint density at radius 2 is 2.06 bits per heavy atom. The summed E-state index contributed by atoms with van der Waals surface area (Å²) in [5.41, 5.74) is 1.22. The average Bonchev–Trinajstić information content (AvgIpc) is 3.23. The third-order valence-electron chi connectivity index (χ3n) is 6.71. The normalized spacial score (nSPS) is 24.3. The van der Waals surface area contributed by atoms with Gasteiger partial charge in [-0.25, -0.2) is 0 Å². The molecule has 7 nitrogen and oxygen atoms in total. The minimum atomic E-state index is -0.0191. The first kappa shape index (κ1) is 22.7. The molecule has 172 valence electrons. The molecule has 32 heavy (non-hydrogen) atoms. The lowest BCUT2D eigenvalue weighted by Gasteiger charge is -2.37. The second-order valence-electron chi connectivity index (χ2n) is 9.20. The molecule has 2 aliphatic rings. The molecule has 4 heterocycles. The number of pyridine rings is 2. The maximum absolute atomic E-state index is 13.1. The number of aromatic nitrogens is 2. The van der Waals surface area contributed by atoms with Crippen molar-refractivity contribution in [1.29, 1.82) is 0 Å². The number of piperidine rings is 1. The van der Waals surface area contributed by atoms with E-state index < -0.39 is 0 Å². The largest absolute Gasteiger partial charge is 0.492 e. The van der Waals surface area contributed by atoms with Crippen LogP contribution in [0.15, 0.2) is 49.1 Å². The lowest BCUT2D eigenvalue weighted by Crippen LogP contribution is -2.47. The summed E-state index contributed by atoms with van der Waals surface area (Å²) in [4.78, 5) is 26.1. The number of likely N-dealkylation sites (tertiary alicyclic amines) is 2. The van der Waals surface area contributed by atoms with Crippen LogP contribution >= 0.6 is 0 Å². The zero-order valence-corrected chi connectivity index (χ0v) is 19.0. The second-order valence-corrected chi connectivity index (χ2v) is 9.20. The first-order valence-corrected chi connectivity index (χ1v) is 11.8. The van der Waals surface area contributed by atoms with Gasteiger partial charge in [0.25, 0.3) is 0 Å². The fraction of sp³-hybridized carbons (Fsp3) is 0.560. The van der Waals surface area contributed by atoms with E-state index in [2.05, 4.69) is 32.1 Å². The van der Waals surface area contributed by atoms with E-state index in [1.165, 1.54) is 24.9 Å². The monoisotopic (exact) mass is 437 g/mol. The zero-order valence-electron chi connectivity index (χ0n) is 19.0. The number of hydrogen-bond donors (Lipinski definition) is 1. The Hall–Kier alpha value is -2.51. The van der Waals surface area contributed by atoms with E-state index >= 15 is 0 Å². The van der Waals surface area contributed by atoms with Gasteiger partial charge in [-0.1, -0.05) is 0 Å². The number of rotatable bonds is 9. The maximum atomic E-state index is 13.1. The fourth-order valence-corrected chi connectivity index (χ4v) is 4.99. The number of nitrogens with one attached hydrogen (secondary N) is 1. The molecule has 0 radical (unpaired) electrons. The first-order valence-electron chi connectivity index (χ1n) is 11.8. The average molecular weight is 438 g/mol. The number of carbonyl (C=O) groups is 1. The van der Waals surface area contributed by atoms with Crippen molar-refractivity contribution in [3.8, 4) is 5.75 Å². The van der Waals surface area contributed by atoms with Crippen molar-refractivity contribution in [3.05, 3.63) is 54.6 Å². The smallest absolute Gasteiger partial charge is 0.224 e. The van der Waals surface area contributed by atoms with Gasteiger partial charge in [0.1, 0.15) is 5.75 Å². The van der Waals surface area contributed by atoms with Crippen LogP contribution in [-0.2, 0) is 11.3 Å². The summed E-state index contributed by atoms with van der Waals surface area (Å²) in [7, 11) is 2.18. The summed E-state index contributed by atoms with van der Waals surface area (Å²) in [6.45, 7) is 5.03. The Kier molecular flexibility index (Phi) is 8.07. The van der Waals surface area contributed by atoms with Gasteiger partial charge in [0.2, 0.25) is 5.91 Å². The van der Waals surface area contributed by atoms with Crippen LogP contribution in [0.2, 0.25) is 0 Å². The van der Waals surface area contributed by atoms with Crippen LogP contribution < -0.4 is 10.1 Å². The highest BCUT2D eigenvalue weighted by atomic mass is 16.5. The summed E-state index contributed by atoms with van der Waals surface area (Å²) >= 11 is 0. The molecule has 3 atom stereocenters. The number of amides is 1. The highest BCUT2D eigenvalue weighted by Gasteiger charge is 2.32. The molecule has 2 aromatic heterocycles. The minimum absolute atomic E-state index is 0.0191. The second kappa shape index (κ2) is 11.4. The molecule has 1 N–H and O–H groups in total. The molecule has 7 heteroatoms. The van der Waals surface area contributed by atoms with Gasteiger partial charge in [0.05, 0.1) is 18.7 Å². The van der Waals surface area contributed by atoms with Crippen molar-refractivity contribution >= 4 is 5.91 Å². The third kappa shape index (κ3) is 6.50. The van der Waals surface area contributed by atoms with Crippen molar-refractivity contribution in [2.75, 3.05) is 39.8 Å². The van der Waals surface area contributed by atoms with E-state index in [0.29, 0.717) is 18.6 Å². The number of ether oxygens (including phenoxy) is 1. The van der Waals surface area contributed by atoms with Crippen LogP contribution in [0, 0.1) is 11.8 Å². The Morgan fingerprint density at radius 3 is 2.81 bits per heavy atom. The van der Waals surface area contributed by atoms with Gasteiger partial charge >= 0.3 is 0 Å². The topological polar surface area (TPSA) is 70.6 Å². The van der Waals surface area contributed by atoms with Gasteiger partial charge in [0.15, 0.2) is 0 Å². The quantitative estimate of drug-likeness (QED) is 0.650. The molecule has 2 saturated heterocycles. The van der Waals surface area contributed by atoms with E-state index in [4.69, 9.17) is 4.74 Å². The molecule has 4 rings (SSSR count). The van der Waals surface area contributed by atoms with Gasteiger partial charge < -0.3 is 15.0 Å². The van der Waals surface area contributed by atoms with Gasteiger partial charge in [0, 0.05) is 56.7 Å². The van der Waals surface area contributed by atoms with Crippen LogP contribution in [0.1, 0.15) is 31.2 Å². The Labute approximate surface area is 191 Å². The van der Waals surface area contributed by atoms with Gasteiger partial charge in [-0.2, -0.15) is 0 Å². The molecule has 0 saturated carbocycles. The highest BCUT2D eigenvalue weighted by molar-refractivity contribution is 5.79. The standard InChI is InChI=1S/C25H35N5O2/c1-29-13-3-4-23(29)8-12-28-25(31)22-14-21(19-32-24-5-2-9-27-15-24)17-30(18-22)16-20-6-10-26-11-7-20/h2,5-7,9-11,15,21-23H,3-4,8,12-14,16-19H2,1H3,(H,28,31)/t21-,22+,23?/m0/s1. The lowest BCUT2D eigenvalue weighted by atomic mass is 9.88. The molecule has 0 aliphatic carbocycles. The number of carbonyl (C=O) groups excluding carboxylic acids is 1. The van der Waals surface area contributed by atoms with Crippen molar-refractivity contribution in [2.45, 2.75) is 38.3 Å². The molecular weight excluding hydrogens is 402 g/mol. The fourth-order valence-electron chi connectivity index (χ4n) is 4.99. The Balaban J connectivity index is 1.33. The SMILES string of the molecule is CN1CCCC1CCNC(=O)[C@@H]1C[C@H](COc2cccnc2)CN(Cc2ccncc2)C1. The predicted octanol–water partition coefficient (Wildman–Crippen LogP) is 2.59. The molecule has 2 aromatic rings. The number of hydrogen-bond acceptors (Lipinski definition) is 6. The van der Waals surface area contributed by atoms with E-state index in [0.717, 1.165) is 44.8 Å². The summed E-state index contributed by atoms with van der Waals surface area (Å²) in [6, 6.07) is 8.50. The van der Waals surface area contributed by atoms with Crippen molar-refractivity contribution in [2.24, 2.45) is 11.8 Å². The van der Waals surface area contributed by atoms with E-state index in [-0.39, 0.29) is 11.8 Å². The highest BCUT2D eigenvalue weighted by Crippen LogP contribution is 2.25.